The number of carbonyl (C=O) groups excluding carboxylic acids is 1. The second-order valence-corrected chi connectivity index (χ2v) is 8.74. The molecule has 0 aromatic rings. The summed E-state index contributed by atoms with van der Waals surface area (Å²) < 4.78 is 24.0. The van der Waals surface area contributed by atoms with Crippen molar-refractivity contribution in [1.29, 1.82) is 0 Å². The van der Waals surface area contributed by atoms with Crippen LogP contribution in [0.4, 0.5) is 0 Å². The summed E-state index contributed by atoms with van der Waals surface area (Å²) in [7, 11) is -3.35. The van der Waals surface area contributed by atoms with E-state index in [-0.39, 0.29) is 17.1 Å². The lowest BCUT2D eigenvalue weighted by molar-refractivity contribution is -0.121. The fourth-order valence-corrected chi connectivity index (χ4v) is 6.21. The Morgan fingerprint density at radius 1 is 1.31 bits per heavy atom. The molecule has 4 heteroatoms. The lowest BCUT2D eigenvalue weighted by Crippen LogP contribution is -2.53. The molecule has 0 spiro atoms. The molecule has 92 valence electrons. The summed E-state index contributed by atoms with van der Waals surface area (Å²) in [6.45, 7) is 7.27. The van der Waals surface area contributed by atoms with Crippen LogP contribution in [-0.2, 0) is 14.6 Å². The molecular weight excluding hydrogens is 224 g/mol. The van der Waals surface area contributed by atoms with Gasteiger partial charge >= 0.3 is 0 Å². The van der Waals surface area contributed by atoms with E-state index in [1.54, 1.807) is 13.8 Å². The summed E-state index contributed by atoms with van der Waals surface area (Å²) in [6.07, 6.45) is 1.87. The van der Waals surface area contributed by atoms with Gasteiger partial charge in [-0.1, -0.05) is 13.8 Å². The van der Waals surface area contributed by atoms with Crippen LogP contribution in [0.5, 0.6) is 0 Å². The number of hydrogen-bond acceptors (Lipinski definition) is 3. The smallest absolute Gasteiger partial charge is 0.165 e. The van der Waals surface area contributed by atoms with E-state index in [1.807, 2.05) is 13.8 Å². The molecule has 2 aliphatic rings. The Bertz CT molecular complexity index is 433. The van der Waals surface area contributed by atoms with E-state index in [1.165, 1.54) is 0 Å². The lowest BCUT2D eigenvalue weighted by Gasteiger charge is -2.37. The fourth-order valence-electron chi connectivity index (χ4n) is 3.70. The number of fused-ring (bicyclic) bond motifs is 2. The summed E-state index contributed by atoms with van der Waals surface area (Å²) in [6, 6.07) is 0. The maximum absolute atomic E-state index is 12.5. The van der Waals surface area contributed by atoms with Gasteiger partial charge in [-0.25, -0.2) is 8.42 Å². The Hall–Kier alpha value is -0.380. The summed E-state index contributed by atoms with van der Waals surface area (Å²) >= 11 is 0. The Morgan fingerprint density at radius 2 is 1.88 bits per heavy atom. The molecule has 0 radical (unpaired) electrons. The SMILES string of the molecule is CC(C)S(=O)(=O)[C@@]12CC[C@H](CC1=O)C2(C)C. The first-order valence-corrected chi connectivity index (χ1v) is 7.49. The number of carbonyl (C=O) groups is 1. The molecule has 0 unspecified atom stereocenters. The van der Waals surface area contributed by atoms with E-state index in [9.17, 15) is 13.2 Å². The van der Waals surface area contributed by atoms with Crippen molar-refractivity contribution in [2.75, 3.05) is 0 Å². The maximum Gasteiger partial charge on any atom is 0.165 e. The molecule has 2 aliphatic carbocycles. The normalized spacial score (nSPS) is 37.3. The molecule has 2 bridgehead atoms. The van der Waals surface area contributed by atoms with Gasteiger partial charge in [-0.3, -0.25) is 4.79 Å². The van der Waals surface area contributed by atoms with Gasteiger partial charge in [0, 0.05) is 6.42 Å². The van der Waals surface area contributed by atoms with Gasteiger partial charge in [0.05, 0.1) is 5.25 Å². The number of hydrogen-bond donors (Lipinski definition) is 0. The predicted molar refractivity (Wildman–Crippen MR) is 62.9 cm³/mol. The zero-order valence-electron chi connectivity index (χ0n) is 10.4. The van der Waals surface area contributed by atoms with Crippen LogP contribution in [0, 0.1) is 11.3 Å². The predicted octanol–water partition coefficient (Wildman–Crippen LogP) is 1.96. The minimum absolute atomic E-state index is 0.0394. The van der Waals surface area contributed by atoms with Crippen LogP contribution in [-0.4, -0.2) is 24.2 Å². The highest BCUT2D eigenvalue weighted by atomic mass is 32.2. The number of sulfone groups is 1. The highest BCUT2D eigenvalue weighted by molar-refractivity contribution is 7.94. The lowest BCUT2D eigenvalue weighted by atomic mass is 9.81. The first kappa shape index (κ1) is 12.1. The minimum Gasteiger partial charge on any atom is -0.298 e. The third kappa shape index (κ3) is 1.04. The number of rotatable bonds is 2. The van der Waals surface area contributed by atoms with Gasteiger partial charge in [0.15, 0.2) is 15.6 Å². The second-order valence-electron chi connectivity index (χ2n) is 6.01. The molecule has 0 amide bonds. The largest absolute Gasteiger partial charge is 0.298 e. The first-order chi connectivity index (χ1) is 7.18. The van der Waals surface area contributed by atoms with Crippen LogP contribution in [0.3, 0.4) is 0 Å². The standard InChI is InChI=1S/C12H20O3S/c1-8(2)16(14,15)12-6-5-9(7-10(12)13)11(12,3)4/h8-9H,5-7H2,1-4H3/t9-,12+/m1/s1. The Kier molecular flexibility index (Phi) is 2.34. The fraction of sp³-hybridized carbons (Fsp3) is 0.917. The molecule has 0 N–H and O–H groups in total. The van der Waals surface area contributed by atoms with Crippen molar-refractivity contribution in [1.82, 2.24) is 0 Å². The zero-order valence-corrected chi connectivity index (χ0v) is 11.2. The van der Waals surface area contributed by atoms with Crippen LogP contribution in [0.1, 0.15) is 47.0 Å². The summed E-state index contributed by atoms with van der Waals surface area (Å²) in [5.41, 5.74) is -0.382. The average Bonchev–Trinajstić information content (AvgIpc) is 2.50. The molecule has 16 heavy (non-hydrogen) atoms. The number of Topliss-reactive ketones (excluding diaryl/α,β-unsaturated/α-hetero) is 1. The van der Waals surface area contributed by atoms with E-state index >= 15 is 0 Å². The highest BCUT2D eigenvalue weighted by Crippen LogP contribution is 2.62. The first-order valence-electron chi connectivity index (χ1n) is 5.94. The third-order valence-electron chi connectivity index (χ3n) is 4.89. The van der Waals surface area contributed by atoms with Crippen LogP contribution < -0.4 is 0 Å². The molecule has 3 nitrogen and oxygen atoms in total. The summed E-state index contributed by atoms with van der Waals surface area (Å²) in [5.74, 6) is 0.218. The average molecular weight is 244 g/mol. The Balaban J connectivity index is 2.65. The van der Waals surface area contributed by atoms with Gasteiger partial charge in [-0.2, -0.15) is 0 Å². The highest BCUT2D eigenvalue weighted by Gasteiger charge is 2.70. The van der Waals surface area contributed by atoms with Crippen molar-refractivity contribution in [2.45, 2.75) is 57.0 Å². The van der Waals surface area contributed by atoms with Crippen molar-refractivity contribution in [3.8, 4) is 0 Å². The molecule has 2 rings (SSSR count). The van der Waals surface area contributed by atoms with Crippen molar-refractivity contribution in [3.05, 3.63) is 0 Å². The molecule has 0 aromatic heterocycles. The van der Waals surface area contributed by atoms with E-state index in [0.29, 0.717) is 12.8 Å². The van der Waals surface area contributed by atoms with E-state index < -0.39 is 19.8 Å². The molecule has 2 saturated carbocycles. The van der Waals surface area contributed by atoms with Crippen LogP contribution in [0.2, 0.25) is 0 Å². The Labute approximate surface area is 97.5 Å². The second kappa shape index (κ2) is 3.09. The van der Waals surface area contributed by atoms with Crippen molar-refractivity contribution < 1.29 is 13.2 Å². The van der Waals surface area contributed by atoms with Crippen molar-refractivity contribution in [3.63, 3.8) is 0 Å². The summed E-state index contributed by atoms with van der Waals surface area (Å²) in [5, 5.41) is -0.465. The van der Waals surface area contributed by atoms with Gasteiger partial charge in [-0.05, 0) is 38.0 Å². The van der Waals surface area contributed by atoms with E-state index in [0.717, 1.165) is 6.42 Å². The van der Waals surface area contributed by atoms with Gasteiger partial charge < -0.3 is 0 Å². The minimum atomic E-state index is -3.35. The van der Waals surface area contributed by atoms with Crippen LogP contribution in [0.15, 0.2) is 0 Å². The molecule has 0 heterocycles. The third-order valence-corrected chi connectivity index (χ3v) is 8.07. The molecule has 2 fully saturated rings. The quantitative estimate of drug-likeness (QED) is 0.746. The van der Waals surface area contributed by atoms with Gasteiger partial charge in [0.25, 0.3) is 0 Å². The topological polar surface area (TPSA) is 51.2 Å². The zero-order chi connectivity index (χ0) is 12.4. The Morgan fingerprint density at radius 3 is 2.19 bits per heavy atom. The summed E-state index contributed by atoms with van der Waals surface area (Å²) in [4.78, 5) is 12.1. The van der Waals surface area contributed by atoms with Crippen molar-refractivity contribution >= 4 is 15.6 Å². The molecule has 0 aliphatic heterocycles. The molecular formula is C12H20O3S. The van der Waals surface area contributed by atoms with Crippen LogP contribution >= 0.6 is 0 Å². The van der Waals surface area contributed by atoms with Gasteiger partial charge in [0.1, 0.15) is 4.75 Å². The van der Waals surface area contributed by atoms with Gasteiger partial charge in [-0.15, -0.1) is 0 Å². The van der Waals surface area contributed by atoms with E-state index in [2.05, 4.69) is 0 Å². The molecule has 2 atom stereocenters. The number of ketones is 1. The van der Waals surface area contributed by atoms with E-state index in [4.69, 9.17) is 0 Å². The van der Waals surface area contributed by atoms with Gasteiger partial charge in [0.2, 0.25) is 0 Å². The van der Waals surface area contributed by atoms with Crippen molar-refractivity contribution in [2.24, 2.45) is 11.3 Å². The maximum atomic E-state index is 12.5. The monoisotopic (exact) mass is 244 g/mol. The molecule has 0 saturated heterocycles. The molecule has 0 aromatic carbocycles. The van der Waals surface area contributed by atoms with Crippen LogP contribution in [0.25, 0.3) is 0 Å².